The molecule has 8 saturated carbocycles. The Labute approximate surface area is 643 Å². The number of hydrogen-bond donors (Lipinski definition) is 0. The zero-order chi connectivity index (χ0) is 80.9. The Morgan fingerprint density at radius 3 is 0.690 bits per heavy atom. The van der Waals surface area contributed by atoms with Crippen molar-refractivity contribution in [3.8, 4) is 0 Å². The first-order chi connectivity index (χ1) is 44.4. The maximum Gasteiger partial charge on any atom is -0.0297 e. The monoisotopic (exact) mass is 1410 g/mol. The molecule has 0 aromatic heterocycles. The topological polar surface area (TPSA) is 0 Å². The highest BCUT2D eigenvalue weighted by molar-refractivity contribution is 5.00. The fraction of sp³-hybridized carbons (Fsp3) is 1.00. The minimum atomic E-state index is 0.437. The smallest absolute Gasteiger partial charge is 0.0297 e. The van der Waals surface area contributed by atoms with Gasteiger partial charge in [-0.2, -0.15) is 0 Å². The fourth-order valence-corrected chi connectivity index (χ4v) is 12.4. The lowest BCUT2D eigenvalue weighted by Gasteiger charge is -2.40. The summed E-state index contributed by atoms with van der Waals surface area (Å²) in [6.07, 6.45) is 27.4. The Bertz CT molecular complexity index is 1820. The van der Waals surface area contributed by atoms with Crippen molar-refractivity contribution in [2.24, 2.45) is 172 Å². The van der Waals surface area contributed by atoms with E-state index in [1.165, 1.54) is 115 Å². The molecule has 0 nitrogen and oxygen atoms in total. The van der Waals surface area contributed by atoms with E-state index in [-0.39, 0.29) is 0 Å². The third-order valence-corrected chi connectivity index (χ3v) is 30.8. The highest BCUT2D eigenvalue weighted by Gasteiger charge is 2.49. The molecule has 0 aromatic rings. The molecule has 0 spiro atoms. The molecule has 0 radical (unpaired) electrons. The van der Waals surface area contributed by atoms with Gasteiger partial charge in [0.1, 0.15) is 0 Å². The van der Waals surface area contributed by atoms with E-state index in [1.807, 2.05) is 0 Å². The zero-order valence-corrected chi connectivity index (χ0v) is 80.9. The molecule has 0 aliphatic heterocycles. The van der Waals surface area contributed by atoms with Crippen molar-refractivity contribution in [3.63, 3.8) is 0 Å². The summed E-state index contributed by atoms with van der Waals surface area (Å²) < 4.78 is 0. The van der Waals surface area contributed by atoms with Crippen LogP contribution in [-0.4, -0.2) is 0 Å². The second-order valence-electron chi connectivity index (χ2n) is 46.9. The van der Waals surface area contributed by atoms with Gasteiger partial charge in [-0.1, -0.05) is 392 Å². The van der Waals surface area contributed by atoms with E-state index < -0.39 is 0 Å². The molecule has 8 aliphatic rings. The van der Waals surface area contributed by atoms with Crippen molar-refractivity contribution in [2.75, 3.05) is 0 Å². The van der Waals surface area contributed by atoms with Crippen LogP contribution in [0.4, 0.5) is 0 Å². The molecular weight excluding hydrogens is 1200 g/mol. The fourth-order valence-electron chi connectivity index (χ4n) is 12.4. The highest BCUT2D eigenvalue weighted by atomic mass is 14.5. The minimum absolute atomic E-state index is 0.437. The van der Waals surface area contributed by atoms with E-state index in [4.69, 9.17) is 0 Å². The average molecular weight is 1410 g/mol. The Morgan fingerprint density at radius 2 is 0.660 bits per heavy atom. The van der Waals surface area contributed by atoms with Crippen molar-refractivity contribution in [1.29, 1.82) is 0 Å². The van der Waals surface area contributed by atoms with Gasteiger partial charge in [0.05, 0.1) is 0 Å². The van der Waals surface area contributed by atoms with Gasteiger partial charge in [0, 0.05) is 0 Å². The predicted octanol–water partition coefficient (Wildman–Crippen LogP) is 35.9. The first kappa shape index (κ1) is 109. The lowest BCUT2D eigenvalue weighted by atomic mass is 9.65. The molecule has 8 fully saturated rings. The summed E-state index contributed by atoms with van der Waals surface area (Å²) in [4.78, 5) is 0. The molecule has 0 heteroatoms. The van der Waals surface area contributed by atoms with Gasteiger partial charge >= 0.3 is 0 Å². The van der Waals surface area contributed by atoms with Gasteiger partial charge in [0.15, 0.2) is 0 Å². The van der Waals surface area contributed by atoms with Crippen LogP contribution in [0.1, 0.15) is 475 Å². The van der Waals surface area contributed by atoms with E-state index in [0.717, 1.165) is 106 Å². The minimum Gasteiger partial charge on any atom is -0.0651 e. The molecular formula is C100H210. The zero-order valence-electron chi connectivity index (χ0n) is 80.9. The van der Waals surface area contributed by atoms with Crippen molar-refractivity contribution < 1.29 is 0 Å². The normalized spacial score (nSPS) is 26.2. The molecule has 9 atom stereocenters. The van der Waals surface area contributed by atoms with Gasteiger partial charge in [-0.3, -0.25) is 0 Å². The van der Waals surface area contributed by atoms with Crippen LogP contribution in [0.3, 0.4) is 0 Å². The van der Waals surface area contributed by atoms with Crippen LogP contribution in [0, 0.1) is 172 Å². The van der Waals surface area contributed by atoms with Crippen LogP contribution in [0.2, 0.25) is 0 Å². The molecule has 6 unspecified atom stereocenters. The molecule has 0 N–H and O–H groups in total. The third-order valence-electron chi connectivity index (χ3n) is 30.8. The summed E-state index contributed by atoms with van der Waals surface area (Å²) >= 11 is 0. The summed E-state index contributed by atoms with van der Waals surface area (Å²) in [6.45, 7) is 117. The van der Waals surface area contributed by atoms with Gasteiger partial charge in [-0.15, -0.1) is 0 Å². The van der Waals surface area contributed by atoms with Gasteiger partial charge in [-0.25, -0.2) is 0 Å². The summed E-state index contributed by atoms with van der Waals surface area (Å²) in [6, 6.07) is 0. The summed E-state index contributed by atoms with van der Waals surface area (Å²) in [5.41, 5.74) is 5.84. The second kappa shape index (κ2) is 47.2. The van der Waals surface area contributed by atoms with E-state index in [9.17, 15) is 0 Å². The van der Waals surface area contributed by atoms with Crippen molar-refractivity contribution >= 4 is 0 Å². The predicted molar refractivity (Wildman–Crippen MR) is 470 cm³/mol. The van der Waals surface area contributed by atoms with Crippen LogP contribution in [0.25, 0.3) is 0 Å². The standard InChI is InChI=1S/2C9H20.5C8H18.2C7H12.4C7H14/c2*1-7-9(5,6)8(2,3)4;1-7(2,3)8(4,5)6;2*1-6-7(2)8(3,4)5;1-6-8(4,5)7(2)3;1-6(2)8(5)7(3)4;1-7(4-5-7)6-2-3-6;1-5-4-7(5)6-2-3-6;1-6-4-7(2,3)5-6;2*1-5-4-6(2)7(5)3;1-3-7-4-6(2)5-7/h2*7H2,1-6H3;1-6H3;3*7H,6H2,1-5H3;6-8H,1-5H3;6H,2-5H2,1H3;5-7H,2-4H2,1H3;6H,4-5H2,1-3H3;2*5-7H,4H2,1-3H3;6-7H,3-5H2,1-2H3/t;;;7-;;;;;5-,7?;;5-,6?,7?;;/m...1....0.0../s1. The van der Waals surface area contributed by atoms with Gasteiger partial charge in [-0.05, 0) is 255 Å². The molecule has 0 saturated heterocycles. The van der Waals surface area contributed by atoms with Crippen molar-refractivity contribution in [1.82, 2.24) is 0 Å². The lowest BCUT2D eigenvalue weighted by molar-refractivity contribution is 0.111. The summed E-state index contributed by atoms with van der Waals surface area (Å²) in [7, 11) is 0. The average Bonchev–Trinajstić information content (AvgIpc) is 1.62. The molecule has 0 bridgehead atoms. The van der Waals surface area contributed by atoms with Gasteiger partial charge < -0.3 is 0 Å². The van der Waals surface area contributed by atoms with Crippen LogP contribution in [-0.2, 0) is 0 Å². The SMILES string of the molecule is CC(C)(C)C(C)(C)C.CC(C)C(C)C(C)C.CC1(C2CC2)CC1.CC1CC(C)(C)C1.CC1CC(C)C1C.CC1C[C@H](C)C1C.CCC(C)(C)C(C)(C)C.CCC(C)(C)C(C)(C)C.CCC(C)(C)C(C)C.CCC(C)C(C)(C)C.CCC1CC(C)C1.CC[C@@H](C)C(C)(C)C.C[C@H]1CC1C1CC1. The highest BCUT2D eigenvalue weighted by Crippen LogP contribution is 2.61. The first-order valence-corrected chi connectivity index (χ1v) is 44.4. The van der Waals surface area contributed by atoms with Crippen molar-refractivity contribution in [2.45, 2.75) is 475 Å². The molecule has 610 valence electrons. The third kappa shape index (κ3) is 49.1. The number of hydrogen-bond acceptors (Lipinski definition) is 0. The molecule has 0 aromatic carbocycles. The maximum absolute atomic E-state index is 2.44. The van der Waals surface area contributed by atoms with E-state index in [1.54, 1.807) is 19.3 Å². The van der Waals surface area contributed by atoms with Crippen LogP contribution in [0.5, 0.6) is 0 Å². The second-order valence-corrected chi connectivity index (χ2v) is 46.9. The molecule has 8 aliphatic carbocycles. The Kier molecular flexibility index (Phi) is 51.2. The molecule has 8 rings (SSSR count). The molecule has 0 amide bonds. The van der Waals surface area contributed by atoms with E-state index in [2.05, 4.69) is 353 Å². The molecule has 0 heterocycles. The lowest BCUT2D eigenvalue weighted by Crippen LogP contribution is -2.29. The Morgan fingerprint density at radius 1 is 0.360 bits per heavy atom. The quantitative estimate of drug-likeness (QED) is 0.193. The summed E-state index contributed by atoms with van der Waals surface area (Å²) in [5.74, 6) is 18.9. The van der Waals surface area contributed by atoms with Crippen LogP contribution >= 0.6 is 0 Å². The Balaban J connectivity index is -0.000000326. The summed E-state index contributed by atoms with van der Waals surface area (Å²) in [5, 5.41) is 0. The van der Waals surface area contributed by atoms with E-state index >= 15 is 0 Å². The van der Waals surface area contributed by atoms with Crippen LogP contribution in [0.15, 0.2) is 0 Å². The van der Waals surface area contributed by atoms with Gasteiger partial charge in [0.2, 0.25) is 0 Å². The van der Waals surface area contributed by atoms with E-state index in [0.29, 0.717) is 54.1 Å². The molecule has 100 heavy (non-hydrogen) atoms. The van der Waals surface area contributed by atoms with Crippen molar-refractivity contribution in [3.05, 3.63) is 0 Å². The van der Waals surface area contributed by atoms with Crippen LogP contribution < -0.4 is 0 Å². The first-order valence-electron chi connectivity index (χ1n) is 44.4. The Hall–Kier alpha value is 0. The maximum atomic E-state index is 2.44. The number of rotatable bonds is 11. The largest absolute Gasteiger partial charge is 0.0651 e. The van der Waals surface area contributed by atoms with Gasteiger partial charge in [0.25, 0.3) is 0 Å².